The highest BCUT2D eigenvalue weighted by Crippen LogP contribution is 2.24. The minimum atomic E-state index is -3.79. The molecule has 0 aromatic carbocycles. The molecule has 0 atom stereocenters. The molecular weight excluding hydrogens is 483 g/mol. The lowest BCUT2D eigenvalue weighted by Crippen LogP contribution is -2.23. The lowest BCUT2D eigenvalue weighted by molar-refractivity contribution is 0.590. The smallest absolute Gasteiger partial charge is 0.234 e. The fourth-order valence-corrected chi connectivity index (χ4v) is 5.15. The van der Waals surface area contributed by atoms with Gasteiger partial charge in [-0.2, -0.15) is 4.98 Å². The van der Waals surface area contributed by atoms with Crippen molar-refractivity contribution in [1.82, 2.24) is 14.7 Å². The number of hydrogen-bond donors (Lipinski definition) is 4. The molecule has 13 heteroatoms. The normalized spacial score (nSPS) is 20.9. The third-order valence-electron chi connectivity index (χ3n) is 4.78. The number of primary sulfonamides is 1. The number of halogens is 1. The van der Waals surface area contributed by atoms with E-state index in [0.29, 0.717) is 35.4 Å². The Morgan fingerprint density at radius 3 is 2.21 bits per heavy atom. The van der Waals surface area contributed by atoms with Crippen LogP contribution in [0, 0.1) is 5.82 Å². The molecule has 180 valence electrons. The Morgan fingerprint density at radius 1 is 0.971 bits per heavy atom. The number of nitrogens with two attached hydrogens (primary N) is 1. The summed E-state index contributed by atoms with van der Waals surface area (Å²) >= 11 is 0. The van der Waals surface area contributed by atoms with Crippen LogP contribution in [0.3, 0.4) is 0 Å². The summed E-state index contributed by atoms with van der Waals surface area (Å²) in [6.07, 6.45) is 13.6. The van der Waals surface area contributed by atoms with Gasteiger partial charge in [0.2, 0.25) is 26.0 Å². The van der Waals surface area contributed by atoms with Gasteiger partial charge in [-0.3, -0.25) is 0 Å². The Labute approximate surface area is 197 Å². The minimum absolute atomic E-state index is 0.00370. The first-order valence-electron chi connectivity index (χ1n) is 10.3. The fraction of sp³-hybridized carbons (Fsp3) is 0.238. The third kappa shape index (κ3) is 7.18. The summed E-state index contributed by atoms with van der Waals surface area (Å²) in [5.74, 6) is -0.750. The maximum Gasteiger partial charge on any atom is 0.234 e. The van der Waals surface area contributed by atoms with E-state index in [1.54, 1.807) is 36.5 Å². The first kappa shape index (κ1) is 24.0. The summed E-state index contributed by atoms with van der Waals surface area (Å²) in [6.45, 7) is 0. The molecule has 1 aromatic heterocycles. The summed E-state index contributed by atoms with van der Waals surface area (Å²) in [5, 5.41) is 12.9. The second-order valence-corrected chi connectivity index (χ2v) is 10.9. The maximum atomic E-state index is 14.4. The fourth-order valence-electron chi connectivity index (χ4n) is 3.24. The number of aromatic nitrogens is 2. The van der Waals surface area contributed by atoms with Crippen molar-refractivity contribution in [3.8, 4) is 0 Å². The van der Waals surface area contributed by atoms with Crippen molar-refractivity contribution in [3.05, 3.63) is 81.8 Å². The molecule has 0 aliphatic heterocycles. The Hall–Kier alpha value is -3.13. The Balaban J connectivity index is 1.50. The molecule has 0 radical (unpaired) electrons. The van der Waals surface area contributed by atoms with Crippen LogP contribution in [0.25, 0.3) is 0 Å². The number of rotatable bonds is 8. The largest absolute Gasteiger partial charge is 0.338 e. The number of allylic oxidation sites excluding steroid dienone is 8. The van der Waals surface area contributed by atoms with Gasteiger partial charge in [-0.15, -0.1) is 0 Å². The zero-order chi connectivity index (χ0) is 24.3. The van der Waals surface area contributed by atoms with Gasteiger partial charge in [0.1, 0.15) is 0 Å². The Kier molecular flexibility index (Phi) is 6.79. The van der Waals surface area contributed by atoms with Crippen LogP contribution in [-0.2, 0) is 20.0 Å². The summed E-state index contributed by atoms with van der Waals surface area (Å²) in [6, 6.07) is 0.00370. The number of hydrogen-bond acceptors (Lipinski definition) is 8. The molecular formula is C21H23FN6O4S2. The lowest BCUT2D eigenvalue weighted by Gasteiger charge is -2.14. The van der Waals surface area contributed by atoms with E-state index in [9.17, 15) is 21.2 Å². The van der Waals surface area contributed by atoms with Gasteiger partial charge in [0, 0.05) is 28.3 Å². The quantitative estimate of drug-likeness (QED) is 0.418. The average Bonchev–Trinajstić information content (AvgIpc) is 3.52. The van der Waals surface area contributed by atoms with E-state index in [0.717, 1.165) is 24.4 Å². The zero-order valence-corrected chi connectivity index (χ0v) is 19.5. The minimum Gasteiger partial charge on any atom is -0.338 e. The number of anilines is 2. The van der Waals surface area contributed by atoms with Gasteiger partial charge >= 0.3 is 0 Å². The van der Waals surface area contributed by atoms with Crippen LogP contribution in [0.4, 0.5) is 16.2 Å². The van der Waals surface area contributed by atoms with Gasteiger partial charge in [-0.25, -0.2) is 36.1 Å². The highest BCUT2D eigenvalue weighted by molar-refractivity contribution is 7.92. The van der Waals surface area contributed by atoms with Gasteiger partial charge in [0.25, 0.3) is 0 Å². The number of nitrogens with zero attached hydrogens (tertiary/aromatic N) is 2. The molecule has 1 aromatic rings. The van der Waals surface area contributed by atoms with Gasteiger partial charge in [-0.05, 0) is 61.1 Å². The van der Waals surface area contributed by atoms with Crippen molar-refractivity contribution in [2.75, 3.05) is 10.6 Å². The van der Waals surface area contributed by atoms with Crippen LogP contribution in [0.5, 0.6) is 0 Å². The van der Waals surface area contributed by atoms with E-state index in [1.807, 2.05) is 0 Å². The zero-order valence-electron chi connectivity index (χ0n) is 17.9. The number of sulfonamides is 2. The van der Waals surface area contributed by atoms with Crippen LogP contribution < -0.4 is 20.5 Å². The molecule has 0 saturated heterocycles. The van der Waals surface area contributed by atoms with Crippen molar-refractivity contribution in [1.29, 1.82) is 0 Å². The first-order valence-corrected chi connectivity index (χ1v) is 13.5. The standard InChI is InChI=1S/C21H23FN6O4S2/c22-19-11-24-21(26-18-6-1-3-14(9-18)12-33(23,29)30)27-20(19)25-17-5-2-4-15(10-17)13-34(31,32)28-16-7-8-16/h1-2,5-6,9-13,16,28H,3-4,7-8H2,(H2,23,29,30)(H2,24,25,26,27). The lowest BCUT2D eigenvalue weighted by atomic mass is 10.1. The molecule has 0 amide bonds. The van der Waals surface area contributed by atoms with Crippen molar-refractivity contribution in [2.45, 2.75) is 31.7 Å². The second-order valence-electron chi connectivity index (χ2n) is 7.96. The van der Waals surface area contributed by atoms with Crippen LogP contribution in [0.1, 0.15) is 25.7 Å². The average molecular weight is 507 g/mol. The Bertz CT molecular complexity index is 1390. The Morgan fingerprint density at radius 2 is 1.59 bits per heavy atom. The molecule has 0 bridgehead atoms. The monoisotopic (exact) mass is 506 g/mol. The predicted octanol–water partition coefficient (Wildman–Crippen LogP) is 2.27. The van der Waals surface area contributed by atoms with Crippen LogP contribution in [-0.4, -0.2) is 32.8 Å². The van der Waals surface area contributed by atoms with Crippen molar-refractivity contribution in [3.63, 3.8) is 0 Å². The van der Waals surface area contributed by atoms with Crippen molar-refractivity contribution in [2.24, 2.45) is 5.14 Å². The SMILES string of the molecule is NS(=O)(=O)C=C1C=C(Nc2ncc(F)c(NC3=CC(=CS(=O)(=O)NC4CC4)CC=C3)n2)C=CC1. The second kappa shape index (κ2) is 9.62. The summed E-state index contributed by atoms with van der Waals surface area (Å²) in [7, 11) is -7.34. The molecule has 1 fully saturated rings. The van der Waals surface area contributed by atoms with Gasteiger partial charge < -0.3 is 10.6 Å². The molecule has 1 heterocycles. The summed E-state index contributed by atoms with van der Waals surface area (Å²) in [4.78, 5) is 8.05. The molecule has 3 aliphatic rings. The molecule has 5 N–H and O–H groups in total. The van der Waals surface area contributed by atoms with Crippen LogP contribution in [0.15, 0.2) is 76.0 Å². The van der Waals surface area contributed by atoms with Crippen molar-refractivity contribution >= 4 is 31.8 Å². The van der Waals surface area contributed by atoms with Gasteiger partial charge in [-0.1, -0.05) is 12.2 Å². The number of nitrogens with one attached hydrogen (secondary N) is 3. The van der Waals surface area contributed by atoms with Gasteiger partial charge in [0.15, 0.2) is 11.6 Å². The molecule has 3 aliphatic carbocycles. The van der Waals surface area contributed by atoms with E-state index >= 15 is 0 Å². The topological polar surface area (TPSA) is 156 Å². The summed E-state index contributed by atoms with van der Waals surface area (Å²) < 4.78 is 63.9. The molecule has 10 nitrogen and oxygen atoms in total. The van der Waals surface area contributed by atoms with E-state index < -0.39 is 25.9 Å². The predicted molar refractivity (Wildman–Crippen MR) is 127 cm³/mol. The maximum absolute atomic E-state index is 14.4. The van der Waals surface area contributed by atoms with Crippen LogP contribution in [0.2, 0.25) is 0 Å². The summed E-state index contributed by atoms with van der Waals surface area (Å²) in [5.41, 5.74) is 1.96. The molecule has 0 spiro atoms. The highest BCUT2D eigenvalue weighted by Gasteiger charge is 2.26. The van der Waals surface area contributed by atoms with E-state index in [-0.39, 0.29) is 17.8 Å². The highest BCUT2D eigenvalue weighted by atomic mass is 32.2. The van der Waals surface area contributed by atoms with Crippen LogP contribution >= 0.6 is 0 Å². The molecule has 4 rings (SSSR count). The van der Waals surface area contributed by atoms with E-state index in [4.69, 9.17) is 5.14 Å². The van der Waals surface area contributed by atoms with E-state index in [2.05, 4.69) is 25.3 Å². The van der Waals surface area contributed by atoms with Gasteiger partial charge in [0.05, 0.1) is 6.20 Å². The first-order chi connectivity index (χ1) is 16.0. The third-order valence-corrected chi connectivity index (χ3v) is 6.68. The van der Waals surface area contributed by atoms with Crippen molar-refractivity contribution < 1.29 is 21.2 Å². The molecule has 1 saturated carbocycles. The van der Waals surface area contributed by atoms with E-state index in [1.165, 1.54) is 5.41 Å². The molecule has 34 heavy (non-hydrogen) atoms. The molecule has 0 unspecified atom stereocenters.